The Balaban J connectivity index is 2.25. The van der Waals surface area contributed by atoms with Crippen molar-refractivity contribution in [2.24, 2.45) is 0 Å². The predicted molar refractivity (Wildman–Crippen MR) is 69.6 cm³/mol. The first kappa shape index (κ1) is 11.7. The molecule has 0 saturated heterocycles. The summed E-state index contributed by atoms with van der Waals surface area (Å²) in [4.78, 5) is 4.15. The lowest BCUT2D eigenvalue weighted by molar-refractivity contribution is 0.463. The van der Waals surface area contributed by atoms with Crippen molar-refractivity contribution < 1.29 is 4.74 Å². The molecule has 0 aliphatic carbocycles. The zero-order chi connectivity index (χ0) is 12.4. The lowest BCUT2D eigenvalue weighted by atomic mass is 10.2. The van der Waals surface area contributed by atoms with Crippen molar-refractivity contribution in [3.63, 3.8) is 0 Å². The van der Waals surface area contributed by atoms with Crippen LogP contribution in [0.15, 0.2) is 30.5 Å². The van der Waals surface area contributed by atoms with E-state index in [9.17, 15) is 0 Å². The summed E-state index contributed by atoms with van der Waals surface area (Å²) in [6.07, 6.45) is 1.69. The summed E-state index contributed by atoms with van der Waals surface area (Å²) in [6.45, 7) is 3.82. The fourth-order valence-electron chi connectivity index (χ4n) is 1.38. The maximum atomic E-state index is 5.94. The van der Waals surface area contributed by atoms with E-state index in [0.717, 1.165) is 11.1 Å². The number of halogens is 1. The molecule has 1 aromatic carbocycles. The van der Waals surface area contributed by atoms with E-state index in [2.05, 4.69) is 4.98 Å². The Morgan fingerprint density at radius 1 is 1.18 bits per heavy atom. The Morgan fingerprint density at radius 3 is 2.59 bits per heavy atom. The van der Waals surface area contributed by atoms with E-state index in [1.807, 2.05) is 19.9 Å². The Labute approximate surface area is 105 Å². The van der Waals surface area contributed by atoms with E-state index in [-0.39, 0.29) is 0 Å². The minimum absolute atomic E-state index is 0.481. The topological polar surface area (TPSA) is 48.1 Å². The highest BCUT2D eigenvalue weighted by atomic mass is 35.5. The molecule has 0 fully saturated rings. The van der Waals surface area contributed by atoms with Gasteiger partial charge in [-0.05, 0) is 43.2 Å². The SMILES string of the molecule is Cc1cnc(Oc2ccc(Cl)c(C)c2)cc1N. The molecular formula is C13H13ClN2O. The average molecular weight is 249 g/mol. The monoisotopic (exact) mass is 248 g/mol. The number of anilines is 1. The van der Waals surface area contributed by atoms with Crippen LogP contribution >= 0.6 is 11.6 Å². The van der Waals surface area contributed by atoms with E-state index in [4.69, 9.17) is 22.1 Å². The van der Waals surface area contributed by atoms with E-state index in [1.54, 1.807) is 24.4 Å². The minimum atomic E-state index is 0.481. The van der Waals surface area contributed by atoms with Gasteiger partial charge >= 0.3 is 0 Å². The van der Waals surface area contributed by atoms with Gasteiger partial charge in [0.2, 0.25) is 5.88 Å². The average Bonchev–Trinajstić information content (AvgIpc) is 2.29. The number of aryl methyl sites for hydroxylation is 2. The molecule has 1 heterocycles. The number of nitrogen functional groups attached to an aromatic ring is 1. The molecule has 0 spiro atoms. The number of ether oxygens (including phenoxy) is 1. The van der Waals surface area contributed by atoms with Crippen LogP contribution in [0.25, 0.3) is 0 Å². The molecule has 2 rings (SSSR count). The summed E-state index contributed by atoms with van der Waals surface area (Å²) in [5.41, 5.74) is 8.35. The molecule has 0 aliphatic heterocycles. The van der Waals surface area contributed by atoms with Crippen LogP contribution in [0, 0.1) is 13.8 Å². The highest BCUT2D eigenvalue weighted by molar-refractivity contribution is 6.31. The number of nitrogens with two attached hydrogens (primary N) is 1. The van der Waals surface area contributed by atoms with E-state index < -0.39 is 0 Å². The van der Waals surface area contributed by atoms with Gasteiger partial charge in [0.25, 0.3) is 0 Å². The Hall–Kier alpha value is -1.74. The van der Waals surface area contributed by atoms with Crippen LogP contribution in [0.5, 0.6) is 11.6 Å². The Morgan fingerprint density at radius 2 is 1.94 bits per heavy atom. The first-order valence-corrected chi connectivity index (χ1v) is 5.60. The second kappa shape index (κ2) is 4.63. The summed E-state index contributed by atoms with van der Waals surface area (Å²) >= 11 is 5.94. The molecule has 17 heavy (non-hydrogen) atoms. The molecule has 0 unspecified atom stereocenters. The molecule has 0 saturated carbocycles. The molecule has 2 aromatic rings. The van der Waals surface area contributed by atoms with Crippen LogP contribution in [0.1, 0.15) is 11.1 Å². The van der Waals surface area contributed by atoms with Gasteiger partial charge in [0, 0.05) is 23.0 Å². The second-order valence-corrected chi connectivity index (χ2v) is 4.30. The van der Waals surface area contributed by atoms with Gasteiger partial charge in [0.1, 0.15) is 5.75 Å². The third kappa shape index (κ3) is 2.68. The Kier molecular flexibility index (Phi) is 3.20. The molecule has 88 valence electrons. The number of benzene rings is 1. The summed E-state index contributed by atoms with van der Waals surface area (Å²) in [7, 11) is 0. The van der Waals surface area contributed by atoms with Crippen molar-refractivity contribution in [1.82, 2.24) is 4.98 Å². The van der Waals surface area contributed by atoms with Crippen molar-refractivity contribution in [2.45, 2.75) is 13.8 Å². The van der Waals surface area contributed by atoms with Gasteiger partial charge in [-0.3, -0.25) is 0 Å². The fourth-order valence-corrected chi connectivity index (χ4v) is 1.49. The molecule has 2 N–H and O–H groups in total. The van der Waals surface area contributed by atoms with Crippen molar-refractivity contribution in [2.75, 3.05) is 5.73 Å². The van der Waals surface area contributed by atoms with Crippen molar-refractivity contribution in [1.29, 1.82) is 0 Å². The number of nitrogens with zero attached hydrogens (tertiary/aromatic N) is 1. The number of hydrogen-bond acceptors (Lipinski definition) is 3. The van der Waals surface area contributed by atoms with Gasteiger partial charge in [-0.25, -0.2) is 4.98 Å². The summed E-state index contributed by atoms with van der Waals surface area (Å²) in [5, 5.41) is 0.716. The standard InChI is InChI=1S/C13H13ClN2O/c1-8-5-10(3-4-11(8)14)17-13-6-12(15)9(2)7-16-13/h3-7H,1-2H3,(H2,15,16). The number of pyridine rings is 1. The summed E-state index contributed by atoms with van der Waals surface area (Å²) in [6, 6.07) is 7.16. The molecule has 0 aliphatic rings. The third-order valence-corrected chi connectivity index (χ3v) is 2.90. The van der Waals surface area contributed by atoms with Gasteiger partial charge in [-0.1, -0.05) is 11.6 Å². The highest BCUT2D eigenvalue weighted by Gasteiger charge is 2.03. The van der Waals surface area contributed by atoms with Gasteiger partial charge in [-0.2, -0.15) is 0 Å². The van der Waals surface area contributed by atoms with Gasteiger partial charge < -0.3 is 10.5 Å². The van der Waals surface area contributed by atoms with E-state index in [0.29, 0.717) is 22.3 Å². The molecule has 3 nitrogen and oxygen atoms in total. The van der Waals surface area contributed by atoms with E-state index >= 15 is 0 Å². The second-order valence-electron chi connectivity index (χ2n) is 3.89. The lowest BCUT2D eigenvalue weighted by Gasteiger charge is -2.07. The minimum Gasteiger partial charge on any atom is -0.439 e. The van der Waals surface area contributed by atoms with E-state index in [1.165, 1.54) is 0 Å². The van der Waals surface area contributed by atoms with Gasteiger partial charge in [-0.15, -0.1) is 0 Å². The van der Waals surface area contributed by atoms with Crippen molar-refractivity contribution >= 4 is 17.3 Å². The van der Waals surface area contributed by atoms with Crippen LogP contribution in [-0.4, -0.2) is 4.98 Å². The molecule has 0 amide bonds. The predicted octanol–water partition coefficient (Wildman–Crippen LogP) is 3.73. The maximum Gasteiger partial charge on any atom is 0.221 e. The quantitative estimate of drug-likeness (QED) is 0.881. The van der Waals surface area contributed by atoms with Gasteiger partial charge in [0.05, 0.1) is 0 Å². The normalized spacial score (nSPS) is 10.3. The Bertz CT molecular complexity index is 506. The summed E-state index contributed by atoms with van der Waals surface area (Å²) in [5.74, 6) is 1.18. The molecular weight excluding hydrogens is 236 g/mol. The van der Waals surface area contributed by atoms with Crippen LogP contribution < -0.4 is 10.5 Å². The highest BCUT2D eigenvalue weighted by Crippen LogP contribution is 2.26. The lowest BCUT2D eigenvalue weighted by Crippen LogP contribution is -1.94. The van der Waals surface area contributed by atoms with Crippen molar-refractivity contribution in [3.05, 3.63) is 46.6 Å². The van der Waals surface area contributed by atoms with Crippen molar-refractivity contribution in [3.8, 4) is 11.6 Å². The fraction of sp³-hybridized carbons (Fsp3) is 0.154. The van der Waals surface area contributed by atoms with Crippen LogP contribution in [0.2, 0.25) is 5.02 Å². The first-order chi connectivity index (χ1) is 8.06. The first-order valence-electron chi connectivity index (χ1n) is 5.22. The molecule has 4 heteroatoms. The summed E-state index contributed by atoms with van der Waals surface area (Å²) < 4.78 is 5.60. The molecule has 0 radical (unpaired) electrons. The molecule has 0 bridgehead atoms. The van der Waals surface area contributed by atoms with Crippen LogP contribution in [0.4, 0.5) is 5.69 Å². The van der Waals surface area contributed by atoms with Crippen LogP contribution in [-0.2, 0) is 0 Å². The largest absolute Gasteiger partial charge is 0.439 e. The zero-order valence-corrected chi connectivity index (χ0v) is 10.5. The van der Waals surface area contributed by atoms with Crippen LogP contribution in [0.3, 0.4) is 0 Å². The third-order valence-electron chi connectivity index (χ3n) is 2.47. The molecule has 1 aromatic heterocycles. The van der Waals surface area contributed by atoms with Gasteiger partial charge in [0.15, 0.2) is 0 Å². The number of rotatable bonds is 2. The number of hydrogen-bond donors (Lipinski definition) is 1. The smallest absolute Gasteiger partial charge is 0.221 e. The number of aromatic nitrogens is 1. The maximum absolute atomic E-state index is 5.94. The molecule has 0 atom stereocenters. The zero-order valence-electron chi connectivity index (χ0n) is 9.70.